The van der Waals surface area contributed by atoms with Gasteiger partial charge in [-0.3, -0.25) is 0 Å². The minimum Gasteiger partial charge on any atom is -0.398 e. The lowest BCUT2D eigenvalue weighted by Gasteiger charge is -2.18. The Labute approximate surface area is 116 Å². The number of aliphatic hydroxyl groups is 1. The fourth-order valence-electron chi connectivity index (χ4n) is 2.55. The molecule has 20 heavy (non-hydrogen) atoms. The quantitative estimate of drug-likeness (QED) is 0.747. The summed E-state index contributed by atoms with van der Waals surface area (Å²) in [6.45, 7) is 0.256. The van der Waals surface area contributed by atoms with E-state index in [0.29, 0.717) is 6.04 Å². The van der Waals surface area contributed by atoms with Gasteiger partial charge < -0.3 is 16.2 Å². The van der Waals surface area contributed by atoms with E-state index in [1.165, 1.54) is 12.1 Å². The van der Waals surface area contributed by atoms with Crippen LogP contribution in [0.2, 0.25) is 0 Å². The average molecular weight is 288 g/mol. The second kappa shape index (κ2) is 6.01. The third-order valence-electron chi connectivity index (χ3n) is 3.72. The highest BCUT2D eigenvalue weighted by Crippen LogP contribution is 2.35. The number of hydrogen-bond donors (Lipinski definition) is 3. The van der Waals surface area contributed by atoms with Crippen molar-refractivity contribution < 1.29 is 18.3 Å². The van der Waals surface area contributed by atoms with Gasteiger partial charge in [0.2, 0.25) is 0 Å². The number of aliphatic hydroxyl groups excluding tert-OH is 1. The number of nitrogen functional groups attached to an aromatic ring is 1. The molecule has 1 aromatic carbocycles. The van der Waals surface area contributed by atoms with E-state index in [2.05, 4.69) is 5.32 Å². The van der Waals surface area contributed by atoms with Crippen LogP contribution >= 0.6 is 0 Å². The minimum absolute atomic E-state index is 0.233. The van der Waals surface area contributed by atoms with Crippen molar-refractivity contribution >= 4 is 5.69 Å². The number of nitrogens with one attached hydrogen (secondary N) is 1. The summed E-state index contributed by atoms with van der Waals surface area (Å²) in [4.78, 5) is 0. The average Bonchev–Trinajstić information content (AvgIpc) is 2.88. The first-order valence-electron chi connectivity index (χ1n) is 6.76. The van der Waals surface area contributed by atoms with Gasteiger partial charge in [-0.2, -0.15) is 13.2 Å². The molecular formula is C14H19F3N2O. The van der Waals surface area contributed by atoms with E-state index in [-0.39, 0.29) is 17.8 Å². The summed E-state index contributed by atoms with van der Waals surface area (Å²) in [6, 6.07) is 3.92. The zero-order valence-corrected chi connectivity index (χ0v) is 11.1. The Balaban J connectivity index is 2.03. The first kappa shape index (κ1) is 15.1. The van der Waals surface area contributed by atoms with E-state index in [1.807, 2.05) is 0 Å². The fourth-order valence-corrected chi connectivity index (χ4v) is 2.55. The topological polar surface area (TPSA) is 58.3 Å². The third-order valence-corrected chi connectivity index (χ3v) is 3.72. The van der Waals surface area contributed by atoms with Gasteiger partial charge in [0.1, 0.15) is 0 Å². The number of alkyl halides is 3. The number of nitrogens with two attached hydrogens (primary N) is 1. The predicted octanol–water partition coefficient (Wildman–Crippen LogP) is 2.85. The zero-order valence-electron chi connectivity index (χ0n) is 11.1. The smallest absolute Gasteiger partial charge is 0.398 e. The van der Waals surface area contributed by atoms with E-state index >= 15 is 0 Å². The van der Waals surface area contributed by atoms with E-state index < -0.39 is 17.8 Å². The molecule has 1 aliphatic carbocycles. The molecule has 112 valence electrons. The molecule has 4 N–H and O–H groups in total. The standard InChI is InChI=1S/C14H19F3N2O/c15-14(16,17)11-7-9(5-6-12(11)18)13(20)8-19-10-3-1-2-4-10/h5-7,10,13,19-20H,1-4,8,18H2. The van der Waals surface area contributed by atoms with E-state index in [0.717, 1.165) is 31.7 Å². The van der Waals surface area contributed by atoms with Crippen LogP contribution in [0.3, 0.4) is 0 Å². The van der Waals surface area contributed by atoms with Gasteiger partial charge in [0.25, 0.3) is 0 Å². The van der Waals surface area contributed by atoms with Crippen LogP contribution in [-0.4, -0.2) is 17.7 Å². The second-order valence-corrected chi connectivity index (χ2v) is 5.25. The van der Waals surface area contributed by atoms with Gasteiger partial charge in [-0.25, -0.2) is 0 Å². The first-order chi connectivity index (χ1) is 9.38. The molecule has 1 aromatic rings. The SMILES string of the molecule is Nc1ccc(C(O)CNC2CCCC2)cc1C(F)(F)F. The highest BCUT2D eigenvalue weighted by Gasteiger charge is 2.33. The lowest BCUT2D eigenvalue weighted by atomic mass is 10.0. The second-order valence-electron chi connectivity index (χ2n) is 5.25. The third kappa shape index (κ3) is 3.64. The molecule has 1 aliphatic rings. The van der Waals surface area contributed by atoms with Crippen molar-refractivity contribution in [1.29, 1.82) is 0 Å². The summed E-state index contributed by atoms with van der Waals surface area (Å²) in [5, 5.41) is 13.2. The highest BCUT2D eigenvalue weighted by molar-refractivity contribution is 5.50. The number of hydrogen-bond acceptors (Lipinski definition) is 3. The molecule has 1 fully saturated rings. The summed E-state index contributed by atoms with van der Waals surface area (Å²) in [5.74, 6) is 0. The van der Waals surface area contributed by atoms with Crippen molar-refractivity contribution in [3.05, 3.63) is 29.3 Å². The number of anilines is 1. The molecule has 1 saturated carbocycles. The van der Waals surface area contributed by atoms with Gasteiger partial charge in [-0.1, -0.05) is 18.9 Å². The maximum Gasteiger partial charge on any atom is 0.418 e. The number of halogens is 3. The highest BCUT2D eigenvalue weighted by atomic mass is 19.4. The Morgan fingerprint density at radius 1 is 1.30 bits per heavy atom. The fraction of sp³-hybridized carbons (Fsp3) is 0.571. The molecule has 3 nitrogen and oxygen atoms in total. The van der Waals surface area contributed by atoms with E-state index in [1.54, 1.807) is 0 Å². The van der Waals surface area contributed by atoms with Crippen LogP contribution in [0.5, 0.6) is 0 Å². The lowest BCUT2D eigenvalue weighted by Crippen LogP contribution is -2.30. The maximum absolute atomic E-state index is 12.7. The van der Waals surface area contributed by atoms with Crippen molar-refractivity contribution in [2.45, 2.75) is 44.0 Å². The molecule has 0 radical (unpaired) electrons. The monoisotopic (exact) mass is 288 g/mol. The van der Waals surface area contributed by atoms with Crippen molar-refractivity contribution in [3.8, 4) is 0 Å². The van der Waals surface area contributed by atoms with Crippen molar-refractivity contribution in [2.75, 3.05) is 12.3 Å². The minimum atomic E-state index is -4.50. The van der Waals surface area contributed by atoms with E-state index in [4.69, 9.17) is 5.73 Å². The molecule has 6 heteroatoms. The molecule has 0 aliphatic heterocycles. The van der Waals surface area contributed by atoms with Crippen LogP contribution < -0.4 is 11.1 Å². The molecule has 2 rings (SSSR count). The van der Waals surface area contributed by atoms with Crippen molar-refractivity contribution in [1.82, 2.24) is 5.32 Å². The molecule has 1 unspecified atom stereocenters. The van der Waals surface area contributed by atoms with Crippen LogP contribution in [0.25, 0.3) is 0 Å². The Morgan fingerprint density at radius 3 is 2.55 bits per heavy atom. The van der Waals surface area contributed by atoms with Crippen molar-refractivity contribution in [2.24, 2.45) is 0 Å². The lowest BCUT2D eigenvalue weighted by molar-refractivity contribution is -0.137. The molecule has 1 atom stereocenters. The summed E-state index contributed by atoms with van der Waals surface area (Å²) < 4.78 is 38.2. The molecular weight excluding hydrogens is 269 g/mol. The largest absolute Gasteiger partial charge is 0.418 e. The summed E-state index contributed by atoms with van der Waals surface area (Å²) in [5.41, 5.74) is 4.35. The Morgan fingerprint density at radius 2 is 1.95 bits per heavy atom. The Hall–Kier alpha value is -1.27. The van der Waals surface area contributed by atoms with Gasteiger partial charge >= 0.3 is 6.18 Å². The zero-order chi connectivity index (χ0) is 14.8. The van der Waals surface area contributed by atoms with Crippen LogP contribution in [0, 0.1) is 0 Å². The van der Waals surface area contributed by atoms with Crippen LogP contribution in [0.1, 0.15) is 42.9 Å². The summed E-state index contributed by atoms with van der Waals surface area (Å²) >= 11 is 0. The van der Waals surface area contributed by atoms with Crippen molar-refractivity contribution in [3.63, 3.8) is 0 Å². The van der Waals surface area contributed by atoms with Gasteiger partial charge in [0.05, 0.1) is 11.7 Å². The maximum atomic E-state index is 12.7. The van der Waals surface area contributed by atoms with Gasteiger partial charge in [-0.05, 0) is 30.5 Å². The van der Waals surface area contributed by atoms with Crippen LogP contribution in [-0.2, 0) is 6.18 Å². The number of benzene rings is 1. The molecule has 0 saturated heterocycles. The predicted molar refractivity (Wildman–Crippen MR) is 71.1 cm³/mol. The van der Waals surface area contributed by atoms with Gasteiger partial charge in [0.15, 0.2) is 0 Å². The summed E-state index contributed by atoms with van der Waals surface area (Å²) in [7, 11) is 0. The van der Waals surface area contributed by atoms with Crippen LogP contribution in [0.4, 0.5) is 18.9 Å². The molecule has 0 amide bonds. The van der Waals surface area contributed by atoms with Gasteiger partial charge in [0, 0.05) is 18.3 Å². The summed E-state index contributed by atoms with van der Waals surface area (Å²) in [6.07, 6.45) is -1.03. The molecule has 0 bridgehead atoms. The molecule has 0 spiro atoms. The Bertz CT molecular complexity index is 456. The van der Waals surface area contributed by atoms with E-state index in [9.17, 15) is 18.3 Å². The number of rotatable bonds is 4. The normalized spacial score (nSPS) is 18.4. The molecule has 0 heterocycles. The first-order valence-corrected chi connectivity index (χ1v) is 6.76. The van der Waals surface area contributed by atoms with Crippen LogP contribution in [0.15, 0.2) is 18.2 Å². The Kier molecular flexibility index (Phi) is 4.55. The van der Waals surface area contributed by atoms with Gasteiger partial charge in [-0.15, -0.1) is 0 Å². The molecule has 0 aromatic heterocycles.